The number of benzene rings is 1. The molecule has 1 unspecified atom stereocenters. The Morgan fingerprint density at radius 3 is 2.14 bits per heavy atom. The van der Waals surface area contributed by atoms with E-state index in [1.165, 1.54) is 12.5 Å². The fourth-order valence-corrected chi connectivity index (χ4v) is 2.09. The van der Waals surface area contributed by atoms with Crippen LogP contribution in [0, 0.1) is 5.92 Å². The molecule has 4 nitrogen and oxygen atoms in total. The smallest absolute Gasteiger partial charge is 0.329 e. The van der Waals surface area contributed by atoms with Gasteiger partial charge in [-0.15, -0.1) is 0 Å². The highest BCUT2D eigenvalue weighted by atomic mass is 16.4. The van der Waals surface area contributed by atoms with Crippen molar-refractivity contribution in [3.63, 3.8) is 0 Å². The Kier molecular flexibility index (Phi) is 5.94. The highest BCUT2D eigenvalue weighted by molar-refractivity contribution is 5.87. The summed E-state index contributed by atoms with van der Waals surface area (Å²) >= 11 is 0. The Bertz CT molecular complexity index is 493. The summed E-state index contributed by atoms with van der Waals surface area (Å²) in [5.41, 5.74) is 0.941. The maximum atomic E-state index is 12.0. The van der Waals surface area contributed by atoms with Crippen molar-refractivity contribution in [2.75, 3.05) is 0 Å². The van der Waals surface area contributed by atoms with Gasteiger partial charge in [-0.25, -0.2) is 4.79 Å². The number of hydrogen-bond donors (Lipinski definition) is 2. The monoisotopic (exact) mass is 291 g/mol. The van der Waals surface area contributed by atoms with Gasteiger partial charge in [-0.1, -0.05) is 45.0 Å². The average molecular weight is 291 g/mol. The van der Waals surface area contributed by atoms with E-state index < -0.39 is 11.5 Å². The molecule has 1 aromatic rings. The summed E-state index contributed by atoms with van der Waals surface area (Å²) in [6.45, 7) is 7.60. The molecule has 0 spiro atoms. The molecule has 0 radical (unpaired) electrons. The molecule has 0 aliphatic carbocycles. The van der Waals surface area contributed by atoms with Crippen LogP contribution in [-0.4, -0.2) is 22.5 Å². The first-order valence-electron chi connectivity index (χ1n) is 7.39. The van der Waals surface area contributed by atoms with E-state index in [1.807, 2.05) is 24.3 Å². The predicted octanol–water partition coefficient (Wildman–Crippen LogP) is 2.80. The molecule has 0 saturated heterocycles. The minimum atomic E-state index is -1.20. The van der Waals surface area contributed by atoms with Crippen molar-refractivity contribution in [1.29, 1.82) is 0 Å². The summed E-state index contributed by atoms with van der Waals surface area (Å²) in [7, 11) is 0. The minimum absolute atomic E-state index is 0.199. The molecular weight excluding hydrogens is 266 g/mol. The van der Waals surface area contributed by atoms with Crippen molar-refractivity contribution in [3.05, 3.63) is 35.4 Å². The highest BCUT2D eigenvalue weighted by Gasteiger charge is 2.32. The molecular formula is C17H25NO3. The van der Waals surface area contributed by atoms with Crippen molar-refractivity contribution in [3.8, 4) is 0 Å². The van der Waals surface area contributed by atoms with Gasteiger partial charge in [0.25, 0.3) is 0 Å². The molecule has 2 N–H and O–H groups in total. The van der Waals surface area contributed by atoms with Crippen LogP contribution >= 0.6 is 0 Å². The first-order valence-corrected chi connectivity index (χ1v) is 7.39. The zero-order valence-electron chi connectivity index (χ0n) is 13.3. The van der Waals surface area contributed by atoms with Gasteiger partial charge in [-0.05, 0) is 36.8 Å². The van der Waals surface area contributed by atoms with Crippen LogP contribution in [0.5, 0.6) is 0 Å². The summed E-state index contributed by atoms with van der Waals surface area (Å²) < 4.78 is 0. The van der Waals surface area contributed by atoms with E-state index in [4.69, 9.17) is 5.11 Å². The van der Waals surface area contributed by atoms with Crippen LogP contribution < -0.4 is 5.32 Å². The van der Waals surface area contributed by atoms with Crippen LogP contribution in [0.25, 0.3) is 0 Å². The molecule has 0 aliphatic rings. The predicted molar refractivity (Wildman–Crippen MR) is 83.2 cm³/mol. The molecule has 0 aliphatic heterocycles. The van der Waals surface area contributed by atoms with E-state index in [0.29, 0.717) is 12.3 Å². The third kappa shape index (κ3) is 5.21. The summed E-state index contributed by atoms with van der Waals surface area (Å²) in [5, 5.41) is 11.8. The number of aliphatic carboxylic acids is 1. The molecule has 1 atom stereocenters. The molecule has 0 heterocycles. The summed E-state index contributed by atoms with van der Waals surface area (Å²) in [6.07, 6.45) is 1.56. The summed E-state index contributed by atoms with van der Waals surface area (Å²) in [5.74, 6) is -0.677. The molecule has 1 amide bonds. The van der Waals surface area contributed by atoms with Crippen LogP contribution in [0.3, 0.4) is 0 Å². The van der Waals surface area contributed by atoms with E-state index in [1.54, 1.807) is 6.92 Å². The van der Waals surface area contributed by atoms with Crippen LogP contribution in [0.15, 0.2) is 24.3 Å². The second kappa shape index (κ2) is 7.25. The van der Waals surface area contributed by atoms with Crippen molar-refractivity contribution in [1.82, 2.24) is 5.32 Å². The second-order valence-corrected chi connectivity index (χ2v) is 6.13. The number of amides is 1. The lowest BCUT2D eigenvalue weighted by Gasteiger charge is -2.24. The lowest BCUT2D eigenvalue weighted by atomic mass is 9.98. The number of carboxylic acids is 1. The van der Waals surface area contributed by atoms with Crippen LogP contribution in [0.2, 0.25) is 0 Å². The fraction of sp³-hybridized carbons (Fsp3) is 0.529. The molecule has 4 heteroatoms. The van der Waals surface area contributed by atoms with E-state index in [9.17, 15) is 9.59 Å². The SMILES string of the molecule is CCC(C)(NC(=O)Cc1ccc(CC(C)C)cc1)C(=O)O. The quantitative estimate of drug-likeness (QED) is 0.812. The largest absolute Gasteiger partial charge is 0.480 e. The molecule has 116 valence electrons. The number of hydrogen-bond acceptors (Lipinski definition) is 2. The van der Waals surface area contributed by atoms with E-state index in [2.05, 4.69) is 19.2 Å². The Morgan fingerprint density at radius 1 is 1.19 bits per heavy atom. The second-order valence-electron chi connectivity index (χ2n) is 6.13. The van der Waals surface area contributed by atoms with Crippen molar-refractivity contribution in [2.45, 2.75) is 52.5 Å². The number of nitrogens with one attached hydrogen (secondary N) is 1. The van der Waals surface area contributed by atoms with Crippen LogP contribution in [-0.2, 0) is 22.4 Å². The van der Waals surface area contributed by atoms with Crippen molar-refractivity contribution >= 4 is 11.9 Å². The maximum absolute atomic E-state index is 12.0. The van der Waals surface area contributed by atoms with Gasteiger partial charge in [0, 0.05) is 0 Å². The van der Waals surface area contributed by atoms with Gasteiger partial charge < -0.3 is 10.4 Å². The first kappa shape index (κ1) is 17.2. The lowest BCUT2D eigenvalue weighted by Crippen LogP contribution is -2.52. The summed E-state index contributed by atoms with van der Waals surface area (Å²) in [6, 6.07) is 7.92. The molecule has 0 saturated carbocycles. The molecule has 1 rings (SSSR count). The Hall–Kier alpha value is -1.84. The zero-order valence-corrected chi connectivity index (χ0v) is 13.3. The zero-order chi connectivity index (χ0) is 16.0. The van der Waals surface area contributed by atoms with Crippen LogP contribution in [0.1, 0.15) is 45.2 Å². The third-order valence-corrected chi connectivity index (χ3v) is 3.63. The average Bonchev–Trinajstić information content (AvgIpc) is 2.40. The van der Waals surface area contributed by atoms with Gasteiger partial charge in [0.1, 0.15) is 5.54 Å². The van der Waals surface area contributed by atoms with Gasteiger partial charge in [-0.2, -0.15) is 0 Å². The van der Waals surface area contributed by atoms with Crippen LogP contribution in [0.4, 0.5) is 0 Å². The normalized spacial score (nSPS) is 13.8. The first-order chi connectivity index (χ1) is 9.76. The maximum Gasteiger partial charge on any atom is 0.329 e. The summed E-state index contributed by atoms with van der Waals surface area (Å²) in [4.78, 5) is 23.2. The van der Waals surface area contributed by atoms with Gasteiger partial charge in [0.2, 0.25) is 5.91 Å². The van der Waals surface area contributed by atoms with E-state index in [0.717, 1.165) is 12.0 Å². The standard InChI is InChI=1S/C17H25NO3/c1-5-17(4,16(20)21)18-15(19)11-14-8-6-13(7-9-14)10-12(2)3/h6-9,12H,5,10-11H2,1-4H3,(H,18,19)(H,20,21). The number of carboxylic acid groups (broad SMARTS) is 1. The third-order valence-electron chi connectivity index (χ3n) is 3.63. The van der Waals surface area contributed by atoms with Gasteiger partial charge >= 0.3 is 5.97 Å². The topological polar surface area (TPSA) is 66.4 Å². The molecule has 0 fully saturated rings. The Labute approximate surface area is 126 Å². The highest BCUT2D eigenvalue weighted by Crippen LogP contribution is 2.12. The molecule has 1 aromatic carbocycles. The molecule has 21 heavy (non-hydrogen) atoms. The number of carbonyl (C=O) groups excluding carboxylic acids is 1. The van der Waals surface area contributed by atoms with Gasteiger partial charge in [0.05, 0.1) is 6.42 Å². The molecule has 0 aromatic heterocycles. The molecule has 0 bridgehead atoms. The number of rotatable bonds is 7. The van der Waals surface area contributed by atoms with Crippen molar-refractivity contribution < 1.29 is 14.7 Å². The van der Waals surface area contributed by atoms with E-state index >= 15 is 0 Å². The fourth-order valence-electron chi connectivity index (χ4n) is 2.09. The van der Waals surface area contributed by atoms with E-state index in [-0.39, 0.29) is 12.3 Å². The Morgan fingerprint density at radius 2 is 1.71 bits per heavy atom. The lowest BCUT2D eigenvalue weighted by molar-refractivity contribution is -0.146. The van der Waals surface area contributed by atoms with Gasteiger partial charge in [0.15, 0.2) is 0 Å². The van der Waals surface area contributed by atoms with Gasteiger partial charge in [-0.3, -0.25) is 4.79 Å². The minimum Gasteiger partial charge on any atom is -0.480 e. The Balaban J connectivity index is 2.65. The number of carbonyl (C=O) groups is 2. The van der Waals surface area contributed by atoms with Crippen molar-refractivity contribution in [2.24, 2.45) is 5.92 Å².